The second-order valence-electron chi connectivity index (χ2n) is 7.59. The second-order valence-corrected chi connectivity index (χ2v) is 8.53. The zero-order chi connectivity index (χ0) is 26.4. The van der Waals surface area contributed by atoms with Gasteiger partial charge in [-0.2, -0.15) is 0 Å². The summed E-state index contributed by atoms with van der Waals surface area (Å²) in [5.41, 5.74) is 1.80. The van der Waals surface area contributed by atoms with Crippen LogP contribution in [0.2, 0.25) is 0 Å². The number of amidine groups is 1. The molecule has 1 aliphatic heterocycles. The van der Waals surface area contributed by atoms with Crippen LogP contribution in [0.25, 0.3) is 6.08 Å². The van der Waals surface area contributed by atoms with E-state index in [1.165, 1.54) is 17.0 Å². The van der Waals surface area contributed by atoms with Crippen molar-refractivity contribution >= 4 is 46.2 Å². The minimum Gasteiger partial charge on any atom is -0.497 e. The number of aliphatic imine (C=N–C) groups is 1. The summed E-state index contributed by atoms with van der Waals surface area (Å²) in [7, 11) is 1.55. The zero-order valence-electron chi connectivity index (χ0n) is 19.4. The van der Waals surface area contributed by atoms with E-state index in [9.17, 15) is 22.8 Å². The van der Waals surface area contributed by atoms with Gasteiger partial charge >= 0.3 is 6.36 Å². The molecule has 0 fully saturated rings. The molecule has 37 heavy (non-hydrogen) atoms. The number of nitrogens with one attached hydrogen (secondary N) is 1. The summed E-state index contributed by atoms with van der Waals surface area (Å²) in [4.78, 5) is 31.7. The number of benzene rings is 3. The number of amides is 2. The number of halogens is 3. The van der Waals surface area contributed by atoms with E-state index in [0.717, 1.165) is 29.5 Å². The van der Waals surface area contributed by atoms with E-state index in [-0.39, 0.29) is 17.4 Å². The van der Waals surface area contributed by atoms with Gasteiger partial charge in [-0.3, -0.25) is 14.5 Å². The first kappa shape index (κ1) is 25.8. The first-order chi connectivity index (χ1) is 17.7. The molecule has 4 rings (SSSR count). The zero-order valence-corrected chi connectivity index (χ0v) is 20.2. The highest BCUT2D eigenvalue weighted by molar-refractivity contribution is 8.14. The molecule has 0 atom stereocenters. The van der Waals surface area contributed by atoms with Crippen molar-refractivity contribution in [2.45, 2.75) is 6.36 Å². The third kappa shape index (κ3) is 6.91. The maximum absolute atomic E-state index is 13.2. The number of rotatable bonds is 7. The number of para-hydroxylation sites is 1. The Balaban J connectivity index is 1.49. The molecule has 1 heterocycles. The highest BCUT2D eigenvalue weighted by Gasteiger charge is 2.33. The number of nitrogens with zero attached hydrogens (tertiary/aromatic N) is 2. The molecule has 1 N–H and O–H groups in total. The lowest BCUT2D eigenvalue weighted by atomic mass is 10.2. The lowest BCUT2D eigenvalue weighted by Gasteiger charge is -2.17. The van der Waals surface area contributed by atoms with Crippen molar-refractivity contribution in [1.82, 2.24) is 0 Å². The molecule has 3 aromatic rings. The average molecular weight is 528 g/mol. The fourth-order valence-electron chi connectivity index (χ4n) is 3.35. The van der Waals surface area contributed by atoms with Gasteiger partial charge in [-0.15, -0.1) is 13.2 Å². The number of carbonyl (C=O) groups is 2. The predicted octanol–water partition coefficient (Wildman–Crippen LogP) is 5.71. The van der Waals surface area contributed by atoms with Gasteiger partial charge in [-0.05, 0) is 60.2 Å². The van der Waals surface area contributed by atoms with Gasteiger partial charge in [0, 0.05) is 5.69 Å². The average Bonchev–Trinajstić information content (AvgIpc) is 3.18. The summed E-state index contributed by atoms with van der Waals surface area (Å²) in [5.74, 6) is -0.636. The number of hydrogen-bond donors (Lipinski definition) is 1. The van der Waals surface area contributed by atoms with Gasteiger partial charge in [0.2, 0.25) is 5.91 Å². The van der Waals surface area contributed by atoms with Crippen molar-refractivity contribution in [3.8, 4) is 11.5 Å². The van der Waals surface area contributed by atoms with Crippen LogP contribution in [-0.2, 0) is 9.59 Å². The smallest absolute Gasteiger partial charge is 0.497 e. The van der Waals surface area contributed by atoms with E-state index >= 15 is 0 Å². The third-order valence-corrected chi connectivity index (χ3v) is 5.88. The lowest BCUT2D eigenvalue weighted by Crippen LogP contribution is -2.31. The molecule has 7 nitrogen and oxygen atoms in total. The molecule has 0 aliphatic carbocycles. The van der Waals surface area contributed by atoms with E-state index in [1.54, 1.807) is 55.7 Å². The Morgan fingerprint density at radius 2 is 1.76 bits per heavy atom. The largest absolute Gasteiger partial charge is 0.573 e. The van der Waals surface area contributed by atoms with Crippen molar-refractivity contribution in [3.63, 3.8) is 0 Å². The first-order valence-corrected chi connectivity index (χ1v) is 11.8. The standard InChI is InChI=1S/C26H20F3N3O4S/c1-35-21-9-5-6-17(14-21)15-22-24(34)32(19-7-3-2-4-8-19)25(31-22)37-16-23(33)30-18-10-12-20(13-11-18)36-26(27,28)29/h2-15H,16H2,1H3,(H,30,33)/b22-15+. The Kier molecular flexibility index (Phi) is 7.83. The number of hydrogen-bond acceptors (Lipinski definition) is 6. The molecule has 0 unspecified atom stereocenters. The van der Waals surface area contributed by atoms with Crippen LogP contribution in [0.4, 0.5) is 24.5 Å². The highest BCUT2D eigenvalue weighted by atomic mass is 32.2. The van der Waals surface area contributed by atoms with Crippen LogP contribution in [0, 0.1) is 0 Å². The van der Waals surface area contributed by atoms with E-state index < -0.39 is 18.0 Å². The van der Waals surface area contributed by atoms with Crippen molar-refractivity contribution in [2.75, 3.05) is 23.1 Å². The first-order valence-electron chi connectivity index (χ1n) is 10.8. The number of carbonyl (C=O) groups excluding carboxylic acids is 2. The molecule has 0 saturated heterocycles. The summed E-state index contributed by atoms with van der Waals surface area (Å²) >= 11 is 1.06. The van der Waals surface area contributed by atoms with Crippen molar-refractivity contribution in [3.05, 3.63) is 90.1 Å². The molecule has 1 aliphatic rings. The normalized spacial score (nSPS) is 14.5. The van der Waals surface area contributed by atoms with Gasteiger partial charge in [0.1, 0.15) is 17.2 Å². The summed E-state index contributed by atoms with van der Waals surface area (Å²) in [6, 6.07) is 20.9. The number of thioether (sulfide) groups is 1. The van der Waals surface area contributed by atoms with E-state index in [0.29, 0.717) is 22.3 Å². The fourth-order valence-corrected chi connectivity index (χ4v) is 4.17. The second kappa shape index (κ2) is 11.2. The Bertz CT molecular complexity index is 1340. The van der Waals surface area contributed by atoms with Crippen LogP contribution < -0.4 is 19.7 Å². The maximum Gasteiger partial charge on any atom is 0.573 e. The van der Waals surface area contributed by atoms with Crippen LogP contribution in [-0.4, -0.2) is 36.2 Å². The third-order valence-electron chi connectivity index (χ3n) is 4.95. The van der Waals surface area contributed by atoms with Crippen LogP contribution >= 0.6 is 11.8 Å². The molecular weight excluding hydrogens is 507 g/mol. The van der Waals surface area contributed by atoms with Crippen molar-refractivity contribution < 1.29 is 32.2 Å². The molecule has 0 spiro atoms. The number of methoxy groups -OCH3 is 1. The molecule has 0 aromatic heterocycles. The Morgan fingerprint density at radius 1 is 1.03 bits per heavy atom. The maximum atomic E-state index is 13.2. The summed E-state index contributed by atoms with van der Waals surface area (Å²) < 4.78 is 46.0. The van der Waals surface area contributed by atoms with Crippen LogP contribution in [0.1, 0.15) is 5.56 Å². The molecule has 0 radical (unpaired) electrons. The number of anilines is 2. The Morgan fingerprint density at radius 3 is 2.43 bits per heavy atom. The topological polar surface area (TPSA) is 80.2 Å². The summed E-state index contributed by atoms with van der Waals surface area (Å²) in [5, 5.41) is 2.92. The summed E-state index contributed by atoms with van der Waals surface area (Å²) in [6.07, 6.45) is -3.16. The van der Waals surface area contributed by atoms with Gasteiger partial charge in [-0.1, -0.05) is 42.1 Å². The monoisotopic (exact) mass is 527 g/mol. The fraction of sp³-hybridized carbons (Fsp3) is 0.115. The molecule has 2 amide bonds. The minimum atomic E-state index is -4.80. The predicted molar refractivity (Wildman–Crippen MR) is 137 cm³/mol. The Hall–Kier alpha value is -4.25. The van der Waals surface area contributed by atoms with Gasteiger partial charge in [-0.25, -0.2) is 4.99 Å². The molecule has 0 bridgehead atoms. The van der Waals surface area contributed by atoms with Gasteiger partial charge in [0.15, 0.2) is 5.17 Å². The minimum absolute atomic E-state index is 0.0946. The van der Waals surface area contributed by atoms with Crippen LogP contribution in [0.15, 0.2) is 89.6 Å². The Labute approximate surface area is 214 Å². The van der Waals surface area contributed by atoms with E-state index in [4.69, 9.17) is 4.74 Å². The van der Waals surface area contributed by atoms with Crippen molar-refractivity contribution in [2.24, 2.45) is 4.99 Å². The van der Waals surface area contributed by atoms with E-state index in [2.05, 4.69) is 15.0 Å². The quantitative estimate of drug-likeness (QED) is 0.398. The molecule has 3 aromatic carbocycles. The molecule has 190 valence electrons. The SMILES string of the molecule is COc1cccc(/C=C2/N=C(SCC(=O)Nc3ccc(OC(F)(F)F)cc3)N(c3ccccc3)C2=O)c1. The highest BCUT2D eigenvalue weighted by Crippen LogP contribution is 2.30. The molecular formula is C26H20F3N3O4S. The lowest BCUT2D eigenvalue weighted by molar-refractivity contribution is -0.274. The van der Waals surface area contributed by atoms with E-state index in [1.807, 2.05) is 12.1 Å². The number of ether oxygens (including phenoxy) is 2. The van der Waals surface area contributed by atoms with Gasteiger partial charge in [0.25, 0.3) is 5.91 Å². The number of alkyl halides is 3. The molecule has 11 heteroatoms. The van der Waals surface area contributed by atoms with Crippen molar-refractivity contribution in [1.29, 1.82) is 0 Å². The molecule has 0 saturated carbocycles. The van der Waals surface area contributed by atoms with Crippen LogP contribution in [0.3, 0.4) is 0 Å². The van der Waals surface area contributed by atoms with Crippen LogP contribution in [0.5, 0.6) is 11.5 Å². The van der Waals surface area contributed by atoms with Gasteiger partial charge in [0.05, 0.1) is 18.6 Å². The van der Waals surface area contributed by atoms with Gasteiger partial charge < -0.3 is 14.8 Å². The summed E-state index contributed by atoms with van der Waals surface area (Å²) in [6.45, 7) is 0.